The number of aromatic nitrogens is 5. The number of carbonyl (C=O) groups excluding carboxylic acids is 1. The Morgan fingerprint density at radius 2 is 2.14 bits per heavy atom. The van der Waals surface area contributed by atoms with Crippen molar-refractivity contribution in [3.8, 4) is 0 Å². The van der Waals surface area contributed by atoms with Gasteiger partial charge in [-0.1, -0.05) is 13.8 Å². The van der Waals surface area contributed by atoms with Crippen molar-refractivity contribution in [3.63, 3.8) is 0 Å². The highest BCUT2D eigenvalue weighted by molar-refractivity contribution is 5.94. The van der Waals surface area contributed by atoms with Gasteiger partial charge in [0, 0.05) is 13.0 Å². The summed E-state index contributed by atoms with van der Waals surface area (Å²) in [6.45, 7) is 5.75. The first kappa shape index (κ1) is 14.9. The Morgan fingerprint density at radius 1 is 1.43 bits per heavy atom. The monoisotopic (exact) mass is 290 g/mol. The Morgan fingerprint density at radius 3 is 2.67 bits per heavy atom. The van der Waals surface area contributed by atoms with Crippen LogP contribution in [0.25, 0.3) is 0 Å². The first-order chi connectivity index (χ1) is 9.90. The van der Waals surface area contributed by atoms with Crippen molar-refractivity contribution in [2.24, 2.45) is 0 Å². The third-order valence-corrected chi connectivity index (χ3v) is 3.08. The number of aryl methyl sites for hydroxylation is 1. The molecule has 0 spiro atoms. The second kappa shape index (κ2) is 5.86. The molecule has 112 valence electrons. The van der Waals surface area contributed by atoms with E-state index in [1.54, 1.807) is 14.0 Å². The second-order valence-electron chi connectivity index (χ2n) is 5.16. The van der Waals surface area contributed by atoms with Gasteiger partial charge in [0.25, 0.3) is 11.5 Å². The summed E-state index contributed by atoms with van der Waals surface area (Å²) in [5, 5.41) is 6.39. The van der Waals surface area contributed by atoms with Crippen LogP contribution in [0.5, 0.6) is 0 Å². The van der Waals surface area contributed by atoms with Gasteiger partial charge in [-0.2, -0.15) is 5.10 Å². The molecule has 2 aromatic heterocycles. The molecule has 1 amide bonds. The molecule has 0 saturated heterocycles. The standard InChI is InChI=1S/C13H18N6O2/c1-7(2)11-16-8(3)10(12(20)17-11)13(21)19(4)5-9-14-6-15-18-9/h6-7H,5H2,1-4H3,(H,14,15,18)(H,16,17,20). The molecule has 0 aliphatic rings. The zero-order valence-electron chi connectivity index (χ0n) is 12.5. The van der Waals surface area contributed by atoms with E-state index in [-0.39, 0.29) is 18.0 Å². The van der Waals surface area contributed by atoms with Crippen molar-refractivity contribution in [1.29, 1.82) is 0 Å². The molecule has 0 saturated carbocycles. The van der Waals surface area contributed by atoms with Crippen LogP contribution in [-0.4, -0.2) is 43.0 Å². The van der Waals surface area contributed by atoms with Crippen LogP contribution >= 0.6 is 0 Å². The number of hydrogen-bond donors (Lipinski definition) is 2. The van der Waals surface area contributed by atoms with Crippen molar-refractivity contribution in [3.05, 3.63) is 39.6 Å². The molecule has 8 heteroatoms. The number of amides is 1. The van der Waals surface area contributed by atoms with E-state index in [2.05, 4.69) is 25.1 Å². The molecule has 21 heavy (non-hydrogen) atoms. The van der Waals surface area contributed by atoms with Crippen molar-refractivity contribution in [2.45, 2.75) is 33.2 Å². The molecule has 0 fully saturated rings. The van der Waals surface area contributed by atoms with Gasteiger partial charge in [0.05, 0.1) is 12.2 Å². The molecule has 2 rings (SSSR count). The fourth-order valence-electron chi connectivity index (χ4n) is 1.93. The van der Waals surface area contributed by atoms with E-state index in [4.69, 9.17) is 0 Å². The maximum absolute atomic E-state index is 12.4. The fraction of sp³-hybridized carbons (Fsp3) is 0.462. The molecule has 0 bridgehead atoms. The third-order valence-electron chi connectivity index (χ3n) is 3.08. The van der Waals surface area contributed by atoms with E-state index in [1.165, 1.54) is 11.2 Å². The molecule has 2 heterocycles. The van der Waals surface area contributed by atoms with Crippen LogP contribution in [0.15, 0.2) is 11.1 Å². The number of carbonyl (C=O) groups is 1. The highest BCUT2D eigenvalue weighted by Gasteiger charge is 2.21. The first-order valence-electron chi connectivity index (χ1n) is 6.60. The summed E-state index contributed by atoms with van der Waals surface area (Å²) in [4.78, 5) is 36.8. The van der Waals surface area contributed by atoms with Gasteiger partial charge >= 0.3 is 0 Å². The second-order valence-corrected chi connectivity index (χ2v) is 5.16. The SMILES string of the molecule is Cc1nc(C(C)C)[nH]c(=O)c1C(=O)N(C)Cc1ncn[nH]1. The van der Waals surface area contributed by atoms with Gasteiger partial charge < -0.3 is 9.88 Å². The van der Waals surface area contributed by atoms with Gasteiger partial charge in [-0.3, -0.25) is 14.7 Å². The third kappa shape index (κ3) is 3.15. The van der Waals surface area contributed by atoms with Gasteiger partial charge in [0.2, 0.25) is 0 Å². The van der Waals surface area contributed by atoms with Gasteiger partial charge in [0.15, 0.2) is 0 Å². The lowest BCUT2D eigenvalue weighted by Gasteiger charge is -2.16. The minimum atomic E-state index is -0.416. The van der Waals surface area contributed by atoms with Crippen molar-refractivity contribution in [1.82, 2.24) is 30.0 Å². The Bertz CT molecular complexity index is 689. The lowest BCUT2D eigenvalue weighted by molar-refractivity contribution is 0.0778. The molecule has 8 nitrogen and oxygen atoms in total. The summed E-state index contributed by atoms with van der Waals surface area (Å²) in [5.74, 6) is 0.819. The molecule has 0 radical (unpaired) electrons. The maximum atomic E-state index is 12.4. The topological polar surface area (TPSA) is 108 Å². The summed E-state index contributed by atoms with van der Waals surface area (Å²) < 4.78 is 0. The van der Waals surface area contributed by atoms with Crippen LogP contribution in [-0.2, 0) is 6.54 Å². The molecule has 0 unspecified atom stereocenters. The molecule has 2 aromatic rings. The summed E-state index contributed by atoms with van der Waals surface area (Å²) >= 11 is 0. The molecule has 0 atom stereocenters. The van der Waals surface area contributed by atoms with Gasteiger partial charge in [-0.15, -0.1) is 0 Å². The van der Waals surface area contributed by atoms with Crippen LogP contribution < -0.4 is 5.56 Å². The molecule has 0 aliphatic heterocycles. The summed E-state index contributed by atoms with van der Waals surface area (Å²) in [6, 6.07) is 0. The van der Waals surface area contributed by atoms with Gasteiger partial charge in [-0.05, 0) is 6.92 Å². The lowest BCUT2D eigenvalue weighted by atomic mass is 10.1. The number of nitrogens with one attached hydrogen (secondary N) is 2. The van der Waals surface area contributed by atoms with Crippen molar-refractivity contribution < 1.29 is 4.79 Å². The average Bonchev–Trinajstić information content (AvgIpc) is 2.90. The normalized spacial score (nSPS) is 10.9. The highest BCUT2D eigenvalue weighted by Crippen LogP contribution is 2.10. The molecular formula is C13H18N6O2. The summed E-state index contributed by atoms with van der Waals surface area (Å²) in [5.41, 5.74) is 0.0684. The highest BCUT2D eigenvalue weighted by atomic mass is 16.2. The number of hydrogen-bond acceptors (Lipinski definition) is 5. The minimum absolute atomic E-state index is 0.0569. The molecule has 0 aliphatic carbocycles. The number of nitrogens with zero attached hydrogens (tertiary/aromatic N) is 4. The Kier molecular flexibility index (Phi) is 4.15. The van der Waals surface area contributed by atoms with Crippen molar-refractivity contribution >= 4 is 5.91 Å². The lowest BCUT2D eigenvalue weighted by Crippen LogP contribution is -2.33. The van der Waals surface area contributed by atoms with E-state index >= 15 is 0 Å². The smallest absolute Gasteiger partial charge is 0.264 e. The van der Waals surface area contributed by atoms with Crippen molar-refractivity contribution in [2.75, 3.05) is 7.05 Å². The molecule has 2 N–H and O–H groups in total. The van der Waals surface area contributed by atoms with E-state index in [0.717, 1.165) is 0 Å². The fourth-order valence-corrected chi connectivity index (χ4v) is 1.93. The zero-order valence-corrected chi connectivity index (χ0v) is 12.5. The predicted octanol–water partition coefficient (Wildman–Crippen LogP) is 0.592. The van der Waals surface area contributed by atoms with E-state index in [1.807, 2.05) is 13.8 Å². The molecule has 0 aromatic carbocycles. The molecular weight excluding hydrogens is 272 g/mol. The van der Waals surface area contributed by atoms with Crippen LogP contribution in [0.4, 0.5) is 0 Å². The number of H-pyrrole nitrogens is 2. The van der Waals surface area contributed by atoms with E-state index in [9.17, 15) is 9.59 Å². The van der Waals surface area contributed by atoms with E-state index in [0.29, 0.717) is 17.3 Å². The first-order valence-corrected chi connectivity index (χ1v) is 6.60. The number of aromatic amines is 2. The van der Waals surface area contributed by atoms with E-state index < -0.39 is 11.5 Å². The van der Waals surface area contributed by atoms with Crippen LogP contribution in [0.3, 0.4) is 0 Å². The Balaban J connectivity index is 2.29. The summed E-state index contributed by atoms with van der Waals surface area (Å²) in [6.07, 6.45) is 1.37. The average molecular weight is 290 g/mol. The predicted molar refractivity (Wildman–Crippen MR) is 75.9 cm³/mol. The minimum Gasteiger partial charge on any atom is -0.334 e. The Hall–Kier alpha value is -2.51. The number of rotatable bonds is 4. The Labute approximate surface area is 121 Å². The summed E-state index contributed by atoms with van der Waals surface area (Å²) in [7, 11) is 1.60. The van der Waals surface area contributed by atoms with Crippen LogP contribution in [0.2, 0.25) is 0 Å². The zero-order chi connectivity index (χ0) is 15.6. The largest absolute Gasteiger partial charge is 0.334 e. The van der Waals surface area contributed by atoms with Crippen LogP contribution in [0.1, 0.15) is 47.5 Å². The van der Waals surface area contributed by atoms with Gasteiger partial charge in [-0.25, -0.2) is 9.97 Å². The van der Waals surface area contributed by atoms with Gasteiger partial charge in [0.1, 0.15) is 23.5 Å². The maximum Gasteiger partial charge on any atom is 0.264 e. The van der Waals surface area contributed by atoms with Crippen LogP contribution in [0, 0.1) is 6.92 Å². The quantitative estimate of drug-likeness (QED) is 0.857.